The highest BCUT2D eigenvalue weighted by molar-refractivity contribution is 5.69. The molecule has 0 radical (unpaired) electrons. The van der Waals surface area contributed by atoms with E-state index in [2.05, 4.69) is 0 Å². The zero-order chi connectivity index (χ0) is 13.8. The summed E-state index contributed by atoms with van der Waals surface area (Å²) in [6.45, 7) is 3.29. The van der Waals surface area contributed by atoms with Gasteiger partial charge in [-0.3, -0.25) is 9.69 Å². The minimum absolute atomic E-state index is 0.00720. The third-order valence-corrected chi connectivity index (χ3v) is 2.93. The van der Waals surface area contributed by atoms with Crippen LogP contribution in [0.25, 0.3) is 0 Å². The Morgan fingerprint density at radius 2 is 2.26 bits per heavy atom. The van der Waals surface area contributed by atoms with Gasteiger partial charge >= 0.3 is 5.97 Å². The molecular formula is C13H17NO5. The largest absolute Gasteiger partial charge is 0.493 e. The second kappa shape index (κ2) is 5.79. The molecule has 104 valence electrons. The molecule has 0 bridgehead atoms. The van der Waals surface area contributed by atoms with Crippen LogP contribution in [0.15, 0.2) is 12.1 Å². The highest BCUT2D eigenvalue weighted by atomic mass is 16.7. The first kappa shape index (κ1) is 13.5. The number of carboxylic acids is 1. The number of benzene rings is 1. The summed E-state index contributed by atoms with van der Waals surface area (Å²) >= 11 is 0. The average molecular weight is 267 g/mol. The van der Waals surface area contributed by atoms with Crippen LogP contribution in [-0.2, 0) is 11.3 Å². The van der Waals surface area contributed by atoms with E-state index >= 15 is 0 Å². The van der Waals surface area contributed by atoms with Crippen molar-refractivity contribution >= 4 is 5.97 Å². The van der Waals surface area contributed by atoms with Crippen LogP contribution in [0.4, 0.5) is 0 Å². The fourth-order valence-corrected chi connectivity index (χ4v) is 2.00. The predicted molar refractivity (Wildman–Crippen MR) is 67.7 cm³/mol. The molecule has 0 amide bonds. The lowest BCUT2D eigenvalue weighted by molar-refractivity contribution is -0.138. The first-order valence-corrected chi connectivity index (χ1v) is 6.04. The number of carboxylic acid groups (broad SMARTS) is 1. The maximum atomic E-state index is 10.8. The quantitative estimate of drug-likeness (QED) is 0.838. The van der Waals surface area contributed by atoms with Crippen LogP contribution in [-0.4, -0.2) is 43.0 Å². The molecule has 1 aliphatic heterocycles. The molecule has 0 spiro atoms. The van der Waals surface area contributed by atoms with Gasteiger partial charge in [-0.15, -0.1) is 0 Å². The van der Waals surface area contributed by atoms with Crippen molar-refractivity contribution in [3.63, 3.8) is 0 Å². The van der Waals surface area contributed by atoms with E-state index in [1.54, 1.807) is 7.11 Å². The van der Waals surface area contributed by atoms with E-state index in [1.807, 2.05) is 24.0 Å². The van der Waals surface area contributed by atoms with Gasteiger partial charge in [0.25, 0.3) is 0 Å². The van der Waals surface area contributed by atoms with Gasteiger partial charge < -0.3 is 19.3 Å². The molecule has 19 heavy (non-hydrogen) atoms. The summed E-state index contributed by atoms with van der Waals surface area (Å²) in [5.74, 6) is 1.01. The van der Waals surface area contributed by atoms with Crippen molar-refractivity contribution in [1.29, 1.82) is 0 Å². The smallest absolute Gasteiger partial charge is 0.317 e. The molecule has 1 aromatic rings. The third kappa shape index (κ3) is 3.08. The monoisotopic (exact) mass is 267 g/mol. The minimum Gasteiger partial charge on any atom is -0.493 e. The topological polar surface area (TPSA) is 68.2 Å². The molecule has 2 rings (SSSR count). The van der Waals surface area contributed by atoms with Crippen LogP contribution >= 0.6 is 0 Å². The van der Waals surface area contributed by atoms with E-state index in [0.717, 1.165) is 5.56 Å². The summed E-state index contributed by atoms with van der Waals surface area (Å²) in [5, 5.41) is 8.84. The lowest BCUT2D eigenvalue weighted by atomic mass is 10.1. The minimum atomic E-state index is -0.838. The van der Waals surface area contributed by atoms with Gasteiger partial charge in [0, 0.05) is 6.54 Å². The molecular weight excluding hydrogens is 250 g/mol. The van der Waals surface area contributed by atoms with Crippen molar-refractivity contribution in [2.24, 2.45) is 0 Å². The molecule has 0 aliphatic carbocycles. The number of likely N-dealkylation sites (N-methyl/N-ethyl adjacent to an activating group) is 1. The molecule has 0 aromatic heterocycles. The number of rotatable bonds is 6. The molecule has 0 saturated carbocycles. The average Bonchev–Trinajstić information content (AvgIpc) is 2.84. The summed E-state index contributed by atoms with van der Waals surface area (Å²) < 4.78 is 15.9. The first-order chi connectivity index (χ1) is 9.13. The van der Waals surface area contributed by atoms with E-state index in [9.17, 15) is 4.79 Å². The number of hydrogen-bond donors (Lipinski definition) is 1. The lowest BCUT2D eigenvalue weighted by Crippen LogP contribution is -2.29. The SMILES string of the molecule is CCN(CC(=O)O)Cc1cc(OC)c2c(c1)OCO2. The molecule has 0 fully saturated rings. The Bertz CT molecular complexity index is 474. The summed E-state index contributed by atoms with van der Waals surface area (Å²) in [7, 11) is 1.57. The van der Waals surface area contributed by atoms with Crippen LogP contribution in [0.2, 0.25) is 0 Å². The molecule has 1 aliphatic rings. The number of fused-ring (bicyclic) bond motifs is 1. The Hall–Kier alpha value is -1.95. The Balaban J connectivity index is 2.18. The second-order valence-corrected chi connectivity index (χ2v) is 4.23. The highest BCUT2D eigenvalue weighted by Crippen LogP contribution is 2.41. The summed E-state index contributed by atoms with van der Waals surface area (Å²) in [4.78, 5) is 12.6. The number of ether oxygens (including phenoxy) is 3. The van der Waals surface area contributed by atoms with Gasteiger partial charge in [0.2, 0.25) is 12.5 Å². The van der Waals surface area contributed by atoms with Gasteiger partial charge in [-0.05, 0) is 24.2 Å². The number of methoxy groups -OCH3 is 1. The normalized spacial score (nSPS) is 12.8. The first-order valence-electron chi connectivity index (χ1n) is 6.04. The van der Waals surface area contributed by atoms with Gasteiger partial charge in [0.1, 0.15) is 0 Å². The zero-order valence-electron chi connectivity index (χ0n) is 11.0. The molecule has 6 heteroatoms. The maximum Gasteiger partial charge on any atom is 0.317 e. The van der Waals surface area contributed by atoms with Crippen LogP contribution in [0.5, 0.6) is 17.2 Å². The Kier molecular flexibility index (Phi) is 4.11. The fourth-order valence-electron chi connectivity index (χ4n) is 2.00. The van der Waals surface area contributed by atoms with Gasteiger partial charge in [0.05, 0.1) is 13.7 Å². The van der Waals surface area contributed by atoms with Gasteiger partial charge in [-0.25, -0.2) is 0 Å². The van der Waals surface area contributed by atoms with Gasteiger partial charge in [0.15, 0.2) is 11.5 Å². The second-order valence-electron chi connectivity index (χ2n) is 4.23. The number of carbonyl (C=O) groups is 1. The molecule has 0 atom stereocenters. The molecule has 1 aromatic carbocycles. The fraction of sp³-hybridized carbons (Fsp3) is 0.462. The number of hydrogen-bond acceptors (Lipinski definition) is 5. The Labute approximate surface area is 111 Å². The molecule has 0 saturated heterocycles. The molecule has 0 unspecified atom stereocenters. The summed E-state index contributed by atoms with van der Waals surface area (Å²) in [6, 6.07) is 3.70. The van der Waals surface area contributed by atoms with Crippen molar-refractivity contribution in [2.45, 2.75) is 13.5 Å². The van der Waals surface area contributed by atoms with E-state index in [-0.39, 0.29) is 13.3 Å². The Morgan fingerprint density at radius 1 is 1.47 bits per heavy atom. The summed E-state index contributed by atoms with van der Waals surface area (Å²) in [5.41, 5.74) is 0.934. The number of aliphatic carboxylic acids is 1. The van der Waals surface area contributed by atoms with Crippen molar-refractivity contribution in [3.05, 3.63) is 17.7 Å². The maximum absolute atomic E-state index is 10.8. The zero-order valence-corrected chi connectivity index (χ0v) is 11.0. The van der Waals surface area contributed by atoms with E-state index < -0.39 is 5.97 Å². The van der Waals surface area contributed by atoms with E-state index in [1.165, 1.54) is 0 Å². The molecule has 1 N–H and O–H groups in total. The van der Waals surface area contributed by atoms with Crippen LogP contribution < -0.4 is 14.2 Å². The van der Waals surface area contributed by atoms with Crippen LogP contribution in [0.1, 0.15) is 12.5 Å². The van der Waals surface area contributed by atoms with E-state index in [0.29, 0.717) is 30.3 Å². The Morgan fingerprint density at radius 3 is 2.89 bits per heavy atom. The van der Waals surface area contributed by atoms with E-state index in [4.69, 9.17) is 19.3 Å². The van der Waals surface area contributed by atoms with Gasteiger partial charge in [-0.1, -0.05) is 6.92 Å². The summed E-state index contributed by atoms with van der Waals surface area (Å²) in [6.07, 6.45) is 0. The highest BCUT2D eigenvalue weighted by Gasteiger charge is 2.20. The van der Waals surface area contributed by atoms with Crippen molar-refractivity contribution in [3.8, 4) is 17.2 Å². The van der Waals surface area contributed by atoms with Crippen molar-refractivity contribution in [2.75, 3.05) is 27.0 Å². The standard InChI is InChI=1S/C13H17NO5/c1-3-14(7-12(15)16)6-9-4-10(17-2)13-11(5-9)18-8-19-13/h4-5H,3,6-8H2,1-2H3,(H,15,16). The van der Waals surface area contributed by atoms with Crippen molar-refractivity contribution < 1.29 is 24.1 Å². The van der Waals surface area contributed by atoms with Crippen LogP contribution in [0, 0.1) is 0 Å². The number of nitrogens with zero attached hydrogens (tertiary/aromatic N) is 1. The lowest BCUT2D eigenvalue weighted by Gasteiger charge is -2.18. The molecule has 6 nitrogen and oxygen atoms in total. The molecule has 1 heterocycles. The predicted octanol–water partition coefficient (Wildman–Crippen LogP) is 1.33. The van der Waals surface area contributed by atoms with Gasteiger partial charge in [-0.2, -0.15) is 0 Å². The van der Waals surface area contributed by atoms with Crippen molar-refractivity contribution in [1.82, 2.24) is 4.90 Å². The van der Waals surface area contributed by atoms with Crippen LogP contribution in [0.3, 0.4) is 0 Å². The third-order valence-electron chi connectivity index (χ3n) is 2.93.